The molecule has 0 radical (unpaired) electrons. The van der Waals surface area contributed by atoms with Crippen LogP contribution in [0, 0.1) is 6.92 Å². The Labute approximate surface area is 115 Å². The van der Waals surface area contributed by atoms with Crippen LogP contribution in [0.4, 0.5) is 0 Å². The summed E-state index contributed by atoms with van der Waals surface area (Å²) in [4.78, 5) is 0.316. The molecule has 102 valence electrons. The largest absolute Gasteiger partial charge is 0.316 e. The number of nitrogens with one attached hydrogen (secondary N) is 2. The monoisotopic (exact) mass is 288 g/mol. The number of hydrogen-bond donors (Lipinski definition) is 3. The molecule has 1 aromatic carbocycles. The van der Waals surface area contributed by atoms with E-state index in [9.17, 15) is 8.42 Å². The van der Waals surface area contributed by atoms with Gasteiger partial charge in [0.1, 0.15) is 0 Å². The number of hydrogen-bond acceptors (Lipinski definition) is 4. The van der Waals surface area contributed by atoms with Gasteiger partial charge in [0, 0.05) is 18.8 Å². The molecule has 6 heteroatoms. The van der Waals surface area contributed by atoms with E-state index in [1.807, 2.05) is 6.92 Å². The molecule has 0 bridgehead atoms. The molecule has 0 amide bonds. The Bertz CT molecular complexity index is 444. The summed E-state index contributed by atoms with van der Waals surface area (Å²) < 4.78 is 26.4. The van der Waals surface area contributed by atoms with Crippen LogP contribution < -0.4 is 10.0 Å². The molecule has 0 aliphatic heterocycles. The molecular weight excluding hydrogens is 268 g/mol. The molecule has 0 heterocycles. The summed E-state index contributed by atoms with van der Waals surface area (Å²) in [5.41, 5.74) is 1.05. The third-order valence-electron chi connectivity index (χ3n) is 2.44. The molecule has 2 N–H and O–H groups in total. The van der Waals surface area contributed by atoms with Gasteiger partial charge in [-0.05, 0) is 32.0 Å². The Morgan fingerprint density at radius 2 is 1.78 bits per heavy atom. The molecule has 0 unspecified atom stereocenters. The van der Waals surface area contributed by atoms with E-state index < -0.39 is 10.0 Å². The van der Waals surface area contributed by atoms with Crippen molar-refractivity contribution < 1.29 is 8.42 Å². The average molecular weight is 288 g/mol. The van der Waals surface area contributed by atoms with E-state index in [0.29, 0.717) is 11.4 Å². The summed E-state index contributed by atoms with van der Waals surface area (Å²) in [5, 5.41) is 3.16. The second-order valence-corrected chi connectivity index (χ2v) is 6.25. The van der Waals surface area contributed by atoms with Gasteiger partial charge in [-0.1, -0.05) is 17.7 Å². The van der Waals surface area contributed by atoms with E-state index in [1.165, 1.54) is 0 Å². The molecule has 0 aliphatic carbocycles. The van der Waals surface area contributed by atoms with Crippen molar-refractivity contribution in [1.82, 2.24) is 10.0 Å². The third-order valence-corrected chi connectivity index (χ3v) is 4.14. The zero-order chi connectivity index (χ0) is 13.4. The first-order valence-corrected chi connectivity index (χ1v) is 8.06. The first-order valence-electron chi connectivity index (χ1n) is 5.94. The number of benzene rings is 1. The molecular formula is C12H20N2O2S2. The lowest BCUT2D eigenvalue weighted by Crippen LogP contribution is -2.28. The predicted octanol–water partition coefficient (Wildman–Crippen LogP) is 1.18. The van der Waals surface area contributed by atoms with Crippen LogP contribution in [0.5, 0.6) is 0 Å². The molecule has 0 fully saturated rings. The van der Waals surface area contributed by atoms with Crippen molar-refractivity contribution in [2.75, 3.05) is 25.4 Å². The number of sulfonamides is 1. The van der Waals surface area contributed by atoms with Crippen molar-refractivity contribution in [3.8, 4) is 0 Å². The van der Waals surface area contributed by atoms with E-state index in [4.69, 9.17) is 0 Å². The summed E-state index contributed by atoms with van der Waals surface area (Å²) in [5.74, 6) is 0.787. The van der Waals surface area contributed by atoms with Gasteiger partial charge < -0.3 is 5.32 Å². The van der Waals surface area contributed by atoms with Crippen LogP contribution in [0.25, 0.3) is 0 Å². The quantitative estimate of drug-likeness (QED) is 0.497. The van der Waals surface area contributed by atoms with Crippen molar-refractivity contribution in [2.45, 2.75) is 18.2 Å². The summed E-state index contributed by atoms with van der Waals surface area (Å²) in [6, 6.07) is 6.83. The lowest BCUT2D eigenvalue weighted by molar-refractivity contribution is 0.575. The van der Waals surface area contributed by atoms with E-state index in [2.05, 4.69) is 22.7 Å². The van der Waals surface area contributed by atoms with Gasteiger partial charge in [-0.2, -0.15) is 12.6 Å². The minimum atomic E-state index is -3.36. The Morgan fingerprint density at radius 1 is 1.11 bits per heavy atom. The van der Waals surface area contributed by atoms with Gasteiger partial charge in [0.2, 0.25) is 10.0 Å². The minimum Gasteiger partial charge on any atom is -0.316 e. The smallest absolute Gasteiger partial charge is 0.240 e. The van der Waals surface area contributed by atoms with E-state index in [1.54, 1.807) is 24.3 Å². The Balaban J connectivity index is 2.38. The highest BCUT2D eigenvalue weighted by molar-refractivity contribution is 7.89. The van der Waals surface area contributed by atoms with Crippen LogP contribution in [0.2, 0.25) is 0 Å². The first-order chi connectivity index (χ1) is 8.56. The van der Waals surface area contributed by atoms with Crippen LogP contribution in [0.3, 0.4) is 0 Å². The number of thiol groups is 1. The number of aryl methyl sites for hydroxylation is 1. The maximum absolute atomic E-state index is 11.9. The van der Waals surface area contributed by atoms with Crippen molar-refractivity contribution in [3.63, 3.8) is 0 Å². The molecule has 0 spiro atoms. The second-order valence-electron chi connectivity index (χ2n) is 4.04. The first kappa shape index (κ1) is 15.5. The van der Waals surface area contributed by atoms with E-state index >= 15 is 0 Å². The maximum atomic E-state index is 11.9. The number of rotatable bonds is 8. The van der Waals surface area contributed by atoms with Gasteiger partial charge in [0.15, 0.2) is 0 Å². The highest BCUT2D eigenvalue weighted by Crippen LogP contribution is 2.09. The van der Waals surface area contributed by atoms with Gasteiger partial charge in [-0.25, -0.2) is 13.1 Å². The summed E-state index contributed by atoms with van der Waals surface area (Å²) >= 11 is 4.07. The third kappa shape index (κ3) is 5.39. The van der Waals surface area contributed by atoms with Gasteiger partial charge in [0.05, 0.1) is 4.90 Å². The Morgan fingerprint density at radius 3 is 2.39 bits per heavy atom. The Hall–Kier alpha value is -0.560. The van der Waals surface area contributed by atoms with Crippen LogP contribution >= 0.6 is 12.6 Å². The fourth-order valence-electron chi connectivity index (χ4n) is 1.42. The molecule has 1 rings (SSSR count). The Kier molecular flexibility index (Phi) is 6.70. The normalized spacial score (nSPS) is 11.7. The van der Waals surface area contributed by atoms with Crippen molar-refractivity contribution in [2.24, 2.45) is 0 Å². The summed E-state index contributed by atoms with van der Waals surface area (Å²) in [6.07, 6.45) is 0.763. The van der Waals surface area contributed by atoms with E-state index in [-0.39, 0.29) is 0 Å². The van der Waals surface area contributed by atoms with Gasteiger partial charge in [-0.15, -0.1) is 0 Å². The fraction of sp³-hybridized carbons (Fsp3) is 0.500. The SMILES string of the molecule is Cc1ccc(S(=O)(=O)NCCCNCCS)cc1. The van der Waals surface area contributed by atoms with Crippen molar-refractivity contribution in [1.29, 1.82) is 0 Å². The molecule has 0 aliphatic rings. The highest BCUT2D eigenvalue weighted by atomic mass is 32.2. The molecule has 0 atom stereocenters. The topological polar surface area (TPSA) is 58.2 Å². The van der Waals surface area contributed by atoms with Crippen molar-refractivity contribution in [3.05, 3.63) is 29.8 Å². The van der Waals surface area contributed by atoms with Gasteiger partial charge in [0.25, 0.3) is 0 Å². The molecule has 4 nitrogen and oxygen atoms in total. The highest BCUT2D eigenvalue weighted by Gasteiger charge is 2.12. The van der Waals surface area contributed by atoms with Crippen molar-refractivity contribution >= 4 is 22.7 Å². The van der Waals surface area contributed by atoms with E-state index in [0.717, 1.165) is 30.8 Å². The average Bonchev–Trinajstić information content (AvgIpc) is 2.34. The minimum absolute atomic E-state index is 0.316. The molecule has 0 saturated heterocycles. The zero-order valence-corrected chi connectivity index (χ0v) is 12.2. The van der Waals surface area contributed by atoms with Crippen LogP contribution in [0.1, 0.15) is 12.0 Å². The lowest BCUT2D eigenvalue weighted by Gasteiger charge is -2.07. The molecule has 0 saturated carbocycles. The fourth-order valence-corrected chi connectivity index (χ4v) is 2.66. The molecule has 18 heavy (non-hydrogen) atoms. The van der Waals surface area contributed by atoms with Crippen LogP contribution in [-0.2, 0) is 10.0 Å². The van der Waals surface area contributed by atoms with Gasteiger partial charge in [-0.3, -0.25) is 0 Å². The van der Waals surface area contributed by atoms with Crippen LogP contribution in [-0.4, -0.2) is 33.8 Å². The predicted molar refractivity (Wildman–Crippen MR) is 77.7 cm³/mol. The standard InChI is InChI=1S/C12H20N2O2S2/c1-11-3-5-12(6-4-11)18(15,16)14-8-2-7-13-9-10-17/h3-6,13-14,17H,2,7-10H2,1H3. The lowest BCUT2D eigenvalue weighted by atomic mass is 10.2. The molecule has 0 aromatic heterocycles. The maximum Gasteiger partial charge on any atom is 0.240 e. The van der Waals surface area contributed by atoms with Gasteiger partial charge >= 0.3 is 0 Å². The summed E-state index contributed by atoms with van der Waals surface area (Å²) in [6.45, 7) is 4.00. The zero-order valence-electron chi connectivity index (χ0n) is 10.5. The van der Waals surface area contributed by atoms with Crippen LogP contribution in [0.15, 0.2) is 29.2 Å². The second kappa shape index (κ2) is 7.78. The summed E-state index contributed by atoms with van der Waals surface area (Å²) in [7, 11) is -3.36. The molecule has 1 aromatic rings.